The Hall–Kier alpha value is -6.40. The van der Waals surface area contributed by atoms with Crippen molar-refractivity contribution in [2.24, 2.45) is 0 Å². The topological polar surface area (TPSA) is 48.1 Å². The molecule has 4 N–H and O–H groups in total. The number of aryl methyl sites for hydroxylation is 6. The standard InChI is InChI=1S/4C13H18.4C12H17N/c2*1-10(2)12-9-5-7-11-6-3-4-8-13(11)12;2*1-10(2)12-8-7-11-5-3-4-6-13(11)9-12;1-9(2)10-3-4-12-8-13-6-5-11(12)7-10;1-9(2)11-4-3-10-5-6-13-8-12(10)7-11;1-9(2)11-5-3-4-10-8-13-7-6-12(10)11;1-9(2)11-5-3-4-10-6-7-13-8-12(10)11/h2*5,7,9-10H,3-4,6,8H2,1-2H3;2*7-10H,3-6H2,1-2H3;2*3-4,7,9,13H,5-6,8H2,1-2H3;2*3-5,9,13H,6-8H2,1-2H3. The van der Waals surface area contributed by atoms with Gasteiger partial charge in [-0.15, -0.1) is 0 Å². The van der Waals surface area contributed by atoms with E-state index in [9.17, 15) is 0 Å². The molecule has 4 aliphatic heterocycles. The quantitative estimate of drug-likeness (QED) is 0.122. The molecule has 0 saturated heterocycles. The Morgan fingerprint density at radius 1 is 0.192 bits per heavy atom. The Balaban J connectivity index is 0.000000138. The van der Waals surface area contributed by atoms with Gasteiger partial charge in [-0.1, -0.05) is 256 Å². The smallest absolute Gasteiger partial charge is 0.0211 e. The molecule has 8 aromatic carbocycles. The van der Waals surface area contributed by atoms with Crippen molar-refractivity contribution in [3.05, 3.63) is 279 Å². The van der Waals surface area contributed by atoms with Crippen molar-refractivity contribution in [3.8, 4) is 0 Å². The highest BCUT2D eigenvalue weighted by molar-refractivity contribution is 5.44. The first kappa shape index (κ1) is 81.7. The molecule has 0 aromatic heterocycles. The van der Waals surface area contributed by atoms with Crippen molar-refractivity contribution in [1.29, 1.82) is 0 Å². The molecule has 4 aliphatic carbocycles. The van der Waals surface area contributed by atoms with Crippen LogP contribution in [0.4, 0.5) is 0 Å². The van der Waals surface area contributed by atoms with Crippen LogP contribution in [0.1, 0.15) is 343 Å². The number of nitrogens with one attached hydrogen (secondary N) is 4. The Bertz CT molecular complexity index is 3410. The molecule has 4 heteroatoms. The van der Waals surface area contributed by atoms with E-state index in [4.69, 9.17) is 0 Å². The SMILES string of the molecule is CC(C)c1ccc2c(c1)CCCC2.CC(C)c1ccc2c(c1)CCCC2.CC(C)c1ccc2c(c1)CCNC2.CC(C)c1ccc2c(c1)CNCC2.CC(C)c1cccc2c1CCCC2.CC(C)c1cccc2c1CCCC2.CC(C)c1cccc2c1CCNC2.CC(C)c1cccc2c1CNCC2. The van der Waals surface area contributed by atoms with Crippen molar-refractivity contribution in [2.75, 3.05) is 26.2 Å². The summed E-state index contributed by atoms with van der Waals surface area (Å²) in [6, 6.07) is 55.0. The van der Waals surface area contributed by atoms with Gasteiger partial charge < -0.3 is 21.3 Å². The Morgan fingerprint density at radius 3 is 0.856 bits per heavy atom. The van der Waals surface area contributed by atoms with Crippen molar-refractivity contribution in [1.82, 2.24) is 21.3 Å². The van der Waals surface area contributed by atoms with E-state index < -0.39 is 0 Å². The summed E-state index contributed by atoms with van der Waals surface area (Å²) in [4.78, 5) is 0. The first-order valence-electron chi connectivity index (χ1n) is 42.0. The zero-order valence-electron chi connectivity index (χ0n) is 68.3. The van der Waals surface area contributed by atoms with Gasteiger partial charge in [0.1, 0.15) is 0 Å². The van der Waals surface area contributed by atoms with Gasteiger partial charge in [-0.25, -0.2) is 0 Å². The second-order valence-electron chi connectivity index (χ2n) is 33.8. The molecule has 104 heavy (non-hydrogen) atoms. The maximum absolute atomic E-state index is 3.44. The fourth-order valence-electron chi connectivity index (χ4n) is 16.8. The van der Waals surface area contributed by atoms with Crippen LogP contribution in [-0.4, -0.2) is 26.2 Å². The van der Waals surface area contributed by atoms with Crippen LogP contribution in [0, 0.1) is 0 Å². The molecular formula is C100H140N4. The molecule has 0 unspecified atom stereocenters. The summed E-state index contributed by atoms with van der Waals surface area (Å²) in [5, 5.41) is 13.6. The van der Waals surface area contributed by atoms with Gasteiger partial charge >= 0.3 is 0 Å². The summed E-state index contributed by atoms with van der Waals surface area (Å²) in [5.41, 5.74) is 37.3. The minimum Gasteiger partial charge on any atom is -0.312 e. The maximum atomic E-state index is 3.44. The average Bonchev–Trinajstić information content (AvgIpc) is 0.884. The van der Waals surface area contributed by atoms with E-state index >= 15 is 0 Å². The normalized spacial score (nSPS) is 15.9. The van der Waals surface area contributed by atoms with Gasteiger partial charge in [0.05, 0.1) is 0 Å². The monoisotopic (exact) mass is 1400 g/mol. The summed E-state index contributed by atoms with van der Waals surface area (Å²) in [6.07, 6.45) is 26.3. The van der Waals surface area contributed by atoms with Crippen LogP contribution < -0.4 is 21.3 Å². The molecule has 4 heterocycles. The van der Waals surface area contributed by atoms with Crippen molar-refractivity contribution in [2.45, 2.75) is 313 Å². The van der Waals surface area contributed by atoms with Crippen LogP contribution in [0.2, 0.25) is 0 Å². The van der Waals surface area contributed by atoms with Gasteiger partial charge in [-0.3, -0.25) is 0 Å². The maximum Gasteiger partial charge on any atom is 0.0211 e. The highest BCUT2D eigenvalue weighted by atomic mass is 14.9. The molecule has 0 spiro atoms. The largest absolute Gasteiger partial charge is 0.312 e. The van der Waals surface area contributed by atoms with E-state index in [0.29, 0.717) is 47.3 Å². The molecule has 560 valence electrons. The van der Waals surface area contributed by atoms with E-state index in [0.717, 1.165) is 52.4 Å². The molecule has 0 radical (unpaired) electrons. The van der Waals surface area contributed by atoms with Crippen LogP contribution in [0.15, 0.2) is 146 Å². The van der Waals surface area contributed by atoms with Gasteiger partial charge in [0, 0.05) is 26.2 Å². The molecule has 8 aliphatic rings. The van der Waals surface area contributed by atoms with E-state index in [1.165, 1.54) is 178 Å². The minimum absolute atomic E-state index is 0.646. The van der Waals surface area contributed by atoms with Crippen molar-refractivity contribution in [3.63, 3.8) is 0 Å². The third-order valence-electron chi connectivity index (χ3n) is 23.4. The number of hydrogen-bond acceptors (Lipinski definition) is 4. The molecule has 0 saturated carbocycles. The lowest BCUT2D eigenvalue weighted by Crippen LogP contribution is -2.24. The number of hydrogen-bond donors (Lipinski definition) is 4. The highest BCUT2D eigenvalue weighted by Crippen LogP contribution is 2.33. The van der Waals surface area contributed by atoms with Gasteiger partial charge in [0.15, 0.2) is 0 Å². The van der Waals surface area contributed by atoms with Gasteiger partial charge in [0.2, 0.25) is 0 Å². The number of fused-ring (bicyclic) bond motifs is 8. The first-order valence-corrected chi connectivity index (χ1v) is 42.0. The highest BCUT2D eigenvalue weighted by Gasteiger charge is 2.20. The number of rotatable bonds is 8. The van der Waals surface area contributed by atoms with Gasteiger partial charge in [0.25, 0.3) is 0 Å². The average molecular weight is 1400 g/mol. The second-order valence-corrected chi connectivity index (χ2v) is 33.8. The minimum atomic E-state index is 0.646. The zero-order chi connectivity index (χ0) is 74.1. The van der Waals surface area contributed by atoms with Crippen LogP contribution in [-0.2, 0) is 103 Å². The van der Waals surface area contributed by atoms with Crippen LogP contribution in [0.3, 0.4) is 0 Å². The molecule has 0 amide bonds. The molecule has 0 fully saturated rings. The summed E-state index contributed by atoms with van der Waals surface area (Å²) in [7, 11) is 0. The molecule has 0 bridgehead atoms. The van der Waals surface area contributed by atoms with E-state index in [1.807, 2.05) is 0 Å². The zero-order valence-corrected chi connectivity index (χ0v) is 68.3. The first-order chi connectivity index (χ1) is 50.2. The third kappa shape index (κ3) is 23.8. The molecule has 16 rings (SSSR count). The van der Waals surface area contributed by atoms with E-state index in [-0.39, 0.29) is 0 Å². The molecule has 8 aromatic rings. The Morgan fingerprint density at radius 2 is 0.452 bits per heavy atom. The molecule has 0 atom stereocenters. The molecular weight excluding hydrogens is 1260 g/mol. The Kier molecular flexibility index (Phi) is 32.7. The van der Waals surface area contributed by atoms with Crippen molar-refractivity contribution >= 4 is 0 Å². The van der Waals surface area contributed by atoms with E-state index in [1.54, 1.807) is 83.5 Å². The van der Waals surface area contributed by atoms with E-state index in [2.05, 4.69) is 278 Å². The third-order valence-corrected chi connectivity index (χ3v) is 23.4. The predicted molar refractivity (Wildman–Crippen MR) is 452 cm³/mol. The lowest BCUT2D eigenvalue weighted by molar-refractivity contribution is 0.632. The fraction of sp³-hybridized carbons (Fsp3) is 0.520. The molecule has 4 nitrogen and oxygen atoms in total. The lowest BCUT2D eigenvalue weighted by atomic mass is 9.85. The summed E-state index contributed by atoms with van der Waals surface area (Å²) >= 11 is 0. The van der Waals surface area contributed by atoms with Crippen LogP contribution >= 0.6 is 0 Å². The summed E-state index contributed by atoms with van der Waals surface area (Å²) in [6.45, 7) is 45.1. The summed E-state index contributed by atoms with van der Waals surface area (Å²) < 4.78 is 0. The van der Waals surface area contributed by atoms with Crippen molar-refractivity contribution < 1.29 is 0 Å². The van der Waals surface area contributed by atoms with Gasteiger partial charge in [-0.05, 0) is 335 Å². The van der Waals surface area contributed by atoms with Crippen LogP contribution in [0.5, 0.6) is 0 Å². The number of benzene rings is 8. The second kappa shape index (κ2) is 41.6. The fourth-order valence-corrected chi connectivity index (χ4v) is 16.8. The van der Waals surface area contributed by atoms with Gasteiger partial charge in [-0.2, -0.15) is 0 Å². The Labute approximate surface area is 635 Å². The summed E-state index contributed by atoms with van der Waals surface area (Å²) in [5.74, 6) is 5.33. The predicted octanol–water partition coefficient (Wildman–Crippen LogP) is 24.6. The van der Waals surface area contributed by atoms with Crippen LogP contribution in [0.25, 0.3) is 0 Å². The lowest BCUT2D eigenvalue weighted by Gasteiger charge is -2.21.